The maximum atomic E-state index is 12.3. The van der Waals surface area contributed by atoms with Gasteiger partial charge >= 0.3 is 56.9 Å². The molecule has 0 saturated heterocycles. The van der Waals surface area contributed by atoms with E-state index in [0.29, 0.717) is 0 Å². The fourth-order valence-electron chi connectivity index (χ4n) is 0.498. The van der Waals surface area contributed by atoms with Crippen LogP contribution in [0.4, 0.5) is 4.39 Å². The fraction of sp³-hybridized carbons (Fsp3) is 0. The zero-order valence-electron chi connectivity index (χ0n) is 4.77. The molecule has 0 aliphatic carbocycles. The van der Waals surface area contributed by atoms with Crippen molar-refractivity contribution in [1.82, 2.24) is 0 Å². The third kappa shape index (κ3) is 2.72. The van der Waals surface area contributed by atoms with E-state index in [4.69, 9.17) is 0 Å². The van der Waals surface area contributed by atoms with Crippen LogP contribution in [0.15, 0.2) is 24.3 Å². The maximum Gasteiger partial charge on any atom is -1.00 e. The molecule has 0 fully saturated rings. The van der Waals surface area contributed by atoms with Crippen molar-refractivity contribution in [3.63, 3.8) is 0 Å². The van der Waals surface area contributed by atoms with Crippen LogP contribution in [0.3, 0.4) is 0 Å². The van der Waals surface area contributed by atoms with Crippen molar-refractivity contribution in [1.29, 1.82) is 0 Å². The third-order valence-corrected chi connectivity index (χ3v) is 2.16. The molecule has 3 heteroatoms. The molecular formula is C6H4FIZn. The van der Waals surface area contributed by atoms with Crippen molar-refractivity contribution in [2.24, 2.45) is 0 Å². The van der Waals surface area contributed by atoms with Gasteiger partial charge in [0, 0.05) is 0 Å². The van der Waals surface area contributed by atoms with Gasteiger partial charge in [0.15, 0.2) is 0 Å². The van der Waals surface area contributed by atoms with Gasteiger partial charge in [-0.15, -0.1) is 0 Å². The van der Waals surface area contributed by atoms with E-state index in [9.17, 15) is 4.39 Å². The van der Waals surface area contributed by atoms with Crippen molar-refractivity contribution in [2.75, 3.05) is 0 Å². The van der Waals surface area contributed by atoms with Crippen LogP contribution in [-0.2, 0) is 18.3 Å². The van der Waals surface area contributed by atoms with Gasteiger partial charge in [-0.2, -0.15) is 0 Å². The maximum absolute atomic E-state index is 12.3. The van der Waals surface area contributed by atoms with Crippen molar-refractivity contribution in [2.45, 2.75) is 0 Å². The first-order valence-electron chi connectivity index (χ1n) is 2.37. The Balaban J connectivity index is 0.000000640. The predicted molar refractivity (Wildman–Crippen MR) is 26.0 cm³/mol. The standard InChI is InChI=1S/C6H4F.HI.Zn/c7-6-4-2-1-3-5-6;;/h1-4H;1H;/q;;+1/p-1. The van der Waals surface area contributed by atoms with Crippen molar-refractivity contribution in [3.05, 3.63) is 30.1 Å². The zero-order valence-corrected chi connectivity index (χ0v) is 9.90. The molecule has 1 aromatic rings. The topological polar surface area (TPSA) is 0 Å². The summed E-state index contributed by atoms with van der Waals surface area (Å²) in [4.78, 5) is 0. The monoisotopic (exact) mass is 286 g/mol. The fourth-order valence-corrected chi connectivity index (χ4v) is 1.03. The van der Waals surface area contributed by atoms with Gasteiger partial charge in [0.05, 0.1) is 0 Å². The minimum absolute atomic E-state index is 0. The van der Waals surface area contributed by atoms with Gasteiger partial charge in [-0.3, -0.25) is 0 Å². The normalized spacial score (nSPS) is 8.33. The largest absolute Gasteiger partial charge is 1.00 e. The Morgan fingerprint density at radius 1 is 1.22 bits per heavy atom. The van der Waals surface area contributed by atoms with Gasteiger partial charge < -0.3 is 24.0 Å². The Hall–Kier alpha value is 0.503. The summed E-state index contributed by atoms with van der Waals surface area (Å²) in [7, 11) is 0. The Labute approximate surface area is 80.5 Å². The first kappa shape index (κ1) is 9.50. The molecule has 0 aliphatic rings. The van der Waals surface area contributed by atoms with E-state index in [1.54, 1.807) is 12.1 Å². The molecular weight excluding hydrogens is 283 g/mol. The van der Waals surface area contributed by atoms with E-state index in [2.05, 4.69) is 0 Å². The first-order valence-corrected chi connectivity index (χ1v) is 3.85. The second-order valence-corrected chi connectivity index (χ2v) is 3.19. The van der Waals surface area contributed by atoms with E-state index < -0.39 is 0 Å². The minimum Gasteiger partial charge on any atom is -1.00 e. The molecule has 0 aromatic heterocycles. The van der Waals surface area contributed by atoms with Gasteiger partial charge in [0.1, 0.15) is 0 Å². The third-order valence-electron chi connectivity index (χ3n) is 0.958. The quantitative estimate of drug-likeness (QED) is 0.383. The molecule has 0 N–H and O–H groups in total. The van der Waals surface area contributed by atoms with Crippen LogP contribution >= 0.6 is 0 Å². The summed E-state index contributed by atoms with van der Waals surface area (Å²) in [6.45, 7) is 0. The SMILES string of the molecule is Fc1cccc[c]1[Zn+].[I-]. The summed E-state index contributed by atoms with van der Waals surface area (Å²) in [6.07, 6.45) is 0. The Morgan fingerprint density at radius 2 is 1.78 bits per heavy atom. The zero-order chi connectivity index (χ0) is 5.98. The Kier molecular flexibility index (Phi) is 4.58. The molecule has 0 bridgehead atoms. The van der Waals surface area contributed by atoms with Gasteiger partial charge in [0.2, 0.25) is 0 Å². The van der Waals surface area contributed by atoms with Gasteiger partial charge in [-0.05, 0) is 0 Å². The van der Waals surface area contributed by atoms with Crippen LogP contribution in [0.2, 0.25) is 0 Å². The summed E-state index contributed by atoms with van der Waals surface area (Å²) < 4.78 is 13.2. The van der Waals surface area contributed by atoms with E-state index in [1.165, 1.54) is 6.07 Å². The molecule has 0 heterocycles. The minimum atomic E-state index is -0.0764. The second-order valence-electron chi connectivity index (χ2n) is 1.59. The molecule has 0 nitrogen and oxygen atoms in total. The molecule has 0 amide bonds. The molecule has 0 unspecified atom stereocenters. The van der Waals surface area contributed by atoms with Crippen molar-refractivity contribution >= 4 is 4.16 Å². The smallest absolute Gasteiger partial charge is 1.00 e. The van der Waals surface area contributed by atoms with Crippen LogP contribution in [0.25, 0.3) is 0 Å². The molecule has 9 heavy (non-hydrogen) atoms. The summed E-state index contributed by atoms with van der Waals surface area (Å²) in [5.41, 5.74) is 0. The second kappa shape index (κ2) is 4.34. The molecule has 1 rings (SSSR count). The Bertz CT molecular complexity index is 169. The molecule has 0 atom stereocenters. The van der Waals surface area contributed by atoms with Crippen molar-refractivity contribution in [3.8, 4) is 0 Å². The Morgan fingerprint density at radius 3 is 2.11 bits per heavy atom. The molecule has 0 aliphatic heterocycles. The molecule has 0 spiro atoms. The van der Waals surface area contributed by atoms with Crippen molar-refractivity contribution < 1.29 is 46.7 Å². The van der Waals surface area contributed by atoms with Crippen LogP contribution in [-0.4, -0.2) is 0 Å². The van der Waals surface area contributed by atoms with Gasteiger partial charge in [-0.1, -0.05) is 0 Å². The summed E-state index contributed by atoms with van der Waals surface area (Å²) in [5.74, 6) is -0.0764. The average molecular weight is 287 g/mol. The summed E-state index contributed by atoms with van der Waals surface area (Å²) in [6, 6.07) is 6.84. The molecule has 0 saturated carbocycles. The van der Waals surface area contributed by atoms with Crippen LogP contribution in [0, 0.1) is 5.82 Å². The average Bonchev–Trinajstić information content (AvgIpc) is 1.77. The number of hydrogen-bond donors (Lipinski definition) is 0. The summed E-state index contributed by atoms with van der Waals surface area (Å²) >= 11 is 0.896. The number of halogens is 2. The molecule has 0 radical (unpaired) electrons. The van der Waals surface area contributed by atoms with Crippen LogP contribution in [0.1, 0.15) is 0 Å². The van der Waals surface area contributed by atoms with E-state index in [0.717, 1.165) is 22.5 Å². The number of benzene rings is 1. The van der Waals surface area contributed by atoms with Crippen LogP contribution in [0.5, 0.6) is 0 Å². The summed E-state index contributed by atoms with van der Waals surface area (Å²) in [5, 5.41) is 0. The van der Waals surface area contributed by atoms with Gasteiger partial charge in [-0.25, -0.2) is 0 Å². The van der Waals surface area contributed by atoms with E-state index >= 15 is 0 Å². The molecule has 44 valence electrons. The molecule has 1 aromatic carbocycles. The predicted octanol–water partition coefficient (Wildman–Crippen LogP) is -2.00. The van der Waals surface area contributed by atoms with E-state index in [-0.39, 0.29) is 29.8 Å². The number of rotatable bonds is 0. The first-order chi connectivity index (χ1) is 3.80. The van der Waals surface area contributed by atoms with Gasteiger partial charge in [0.25, 0.3) is 0 Å². The number of hydrogen-bond acceptors (Lipinski definition) is 0. The van der Waals surface area contributed by atoms with Crippen LogP contribution < -0.4 is 28.1 Å². The van der Waals surface area contributed by atoms with E-state index in [1.807, 2.05) is 6.07 Å².